The van der Waals surface area contributed by atoms with E-state index in [1.54, 1.807) is 32.2 Å². The number of halogens is 1. The average molecular weight is 459 g/mol. The van der Waals surface area contributed by atoms with Crippen molar-refractivity contribution >= 4 is 23.8 Å². The Morgan fingerprint density at radius 2 is 2.00 bits per heavy atom. The van der Waals surface area contributed by atoms with Crippen LogP contribution in [0.3, 0.4) is 0 Å². The SMILES string of the molecule is CCOC(=O)c1cccc(COc2c(Cl)cc(/C=N/CCN3CCCCC3)cc2OC)c1. The number of ether oxygens (including phenoxy) is 3. The van der Waals surface area contributed by atoms with Gasteiger partial charge in [-0.25, -0.2) is 4.79 Å². The lowest BCUT2D eigenvalue weighted by molar-refractivity contribution is 0.0526. The summed E-state index contributed by atoms with van der Waals surface area (Å²) in [6, 6.07) is 10.8. The number of piperidine rings is 1. The number of methoxy groups -OCH3 is 1. The molecule has 2 aromatic rings. The second-order valence-electron chi connectivity index (χ2n) is 7.68. The van der Waals surface area contributed by atoms with Gasteiger partial charge in [-0.05, 0) is 68.2 Å². The molecule has 0 spiro atoms. The van der Waals surface area contributed by atoms with E-state index < -0.39 is 0 Å². The van der Waals surface area contributed by atoms with E-state index in [2.05, 4.69) is 9.89 Å². The van der Waals surface area contributed by atoms with E-state index in [1.807, 2.05) is 24.4 Å². The first-order chi connectivity index (χ1) is 15.6. The summed E-state index contributed by atoms with van der Waals surface area (Å²) in [6.45, 7) is 6.44. The van der Waals surface area contributed by atoms with Gasteiger partial charge >= 0.3 is 5.97 Å². The van der Waals surface area contributed by atoms with Crippen molar-refractivity contribution in [3.8, 4) is 11.5 Å². The van der Waals surface area contributed by atoms with E-state index in [4.69, 9.17) is 25.8 Å². The molecule has 1 aliphatic heterocycles. The van der Waals surface area contributed by atoms with Crippen LogP contribution in [0.5, 0.6) is 11.5 Å². The molecule has 0 atom stereocenters. The van der Waals surface area contributed by atoms with Crippen molar-refractivity contribution in [2.24, 2.45) is 4.99 Å². The van der Waals surface area contributed by atoms with Crippen molar-refractivity contribution in [2.75, 3.05) is 39.9 Å². The van der Waals surface area contributed by atoms with Crippen LogP contribution in [0.15, 0.2) is 41.4 Å². The zero-order valence-corrected chi connectivity index (χ0v) is 19.6. The lowest BCUT2D eigenvalue weighted by Crippen LogP contribution is -2.31. The third kappa shape index (κ3) is 6.97. The molecule has 1 fully saturated rings. The third-order valence-electron chi connectivity index (χ3n) is 5.31. The van der Waals surface area contributed by atoms with E-state index in [9.17, 15) is 4.79 Å². The van der Waals surface area contributed by atoms with Crippen molar-refractivity contribution in [3.63, 3.8) is 0 Å². The van der Waals surface area contributed by atoms with Gasteiger partial charge in [0.25, 0.3) is 0 Å². The van der Waals surface area contributed by atoms with Gasteiger partial charge in [0.1, 0.15) is 6.61 Å². The minimum absolute atomic E-state index is 0.243. The van der Waals surface area contributed by atoms with Gasteiger partial charge in [-0.15, -0.1) is 0 Å². The first-order valence-corrected chi connectivity index (χ1v) is 11.5. The molecule has 0 N–H and O–H groups in total. The number of benzene rings is 2. The molecule has 7 heteroatoms. The summed E-state index contributed by atoms with van der Waals surface area (Å²) < 4.78 is 16.5. The Morgan fingerprint density at radius 1 is 1.19 bits per heavy atom. The van der Waals surface area contributed by atoms with E-state index >= 15 is 0 Å². The van der Waals surface area contributed by atoms with Crippen LogP contribution in [0.4, 0.5) is 0 Å². The molecule has 172 valence electrons. The Balaban J connectivity index is 1.61. The van der Waals surface area contributed by atoms with Gasteiger partial charge in [0.05, 0.1) is 30.8 Å². The van der Waals surface area contributed by atoms with E-state index in [-0.39, 0.29) is 12.6 Å². The Hall–Kier alpha value is -2.57. The highest BCUT2D eigenvalue weighted by Gasteiger charge is 2.13. The third-order valence-corrected chi connectivity index (χ3v) is 5.59. The molecule has 0 bridgehead atoms. The standard InChI is InChI=1S/C25H31ClN2O4/c1-3-31-25(29)21-9-7-8-19(14-21)18-32-24-22(26)15-20(16-23(24)30-2)17-27-10-13-28-11-5-4-6-12-28/h7-9,14-17H,3-6,10-13,18H2,1-2H3/b27-17+. The number of hydrogen-bond donors (Lipinski definition) is 0. The van der Waals surface area contributed by atoms with Gasteiger partial charge in [0.15, 0.2) is 11.5 Å². The highest BCUT2D eigenvalue weighted by Crippen LogP contribution is 2.36. The lowest BCUT2D eigenvalue weighted by Gasteiger charge is -2.25. The van der Waals surface area contributed by atoms with Crippen LogP contribution in [0.25, 0.3) is 0 Å². The zero-order chi connectivity index (χ0) is 22.8. The van der Waals surface area contributed by atoms with Crippen molar-refractivity contribution in [1.82, 2.24) is 4.90 Å². The molecular formula is C25H31ClN2O4. The fourth-order valence-corrected chi connectivity index (χ4v) is 3.94. The molecule has 3 rings (SSSR count). The summed E-state index contributed by atoms with van der Waals surface area (Å²) >= 11 is 6.49. The van der Waals surface area contributed by atoms with Crippen molar-refractivity contribution in [3.05, 3.63) is 58.1 Å². The molecule has 0 aromatic heterocycles. The summed E-state index contributed by atoms with van der Waals surface area (Å²) in [4.78, 5) is 19.0. The summed E-state index contributed by atoms with van der Waals surface area (Å²) in [6.07, 6.45) is 5.73. The maximum atomic E-state index is 11.9. The number of rotatable bonds is 10. The Bertz CT molecular complexity index is 926. The van der Waals surface area contributed by atoms with E-state index in [1.165, 1.54) is 32.4 Å². The molecule has 6 nitrogen and oxygen atoms in total. The minimum Gasteiger partial charge on any atom is -0.493 e. The number of esters is 1. The molecule has 1 aliphatic rings. The van der Waals surface area contributed by atoms with Gasteiger partial charge in [0.2, 0.25) is 0 Å². The number of aliphatic imine (C=N–C) groups is 1. The van der Waals surface area contributed by atoms with Crippen LogP contribution in [0.2, 0.25) is 5.02 Å². The minimum atomic E-state index is -0.353. The molecule has 2 aromatic carbocycles. The Kier molecular flexibility index (Phi) is 9.38. The second-order valence-corrected chi connectivity index (χ2v) is 8.09. The highest BCUT2D eigenvalue weighted by molar-refractivity contribution is 6.32. The van der Waals surface area contributed by atoms with Crippen LogP contribution in [-0.2, 0) is 11.3 Å². The normalized spacial score (nSPS) is 14.5. The van der Waals surface area contributed by atoms with Gasteiger partial charge in [-0.2, -0.15) is 0 Å². The summed E-state index contributed by atoms with van der Waals surface area (Å²) in [5.74, 6) is 0.645. The number of carbonyl (C=O) groups is 1. The van der Waals surface area contributed by atoms with Crippen LogP contribution >= 0.6 is 11.6 Å². The topological polar surface area (TPSA) is 60.4 Å². The maximum absolute atomic E-state index is 11.9. The quantitative estimate of drug-likeness (QED) is 0.370. The number of hydrogen-bond acceptors (Lipinski definition) is 6. The van der Waals surface area contributed by atoms with Gasteiger partial charge < -0.3 is 19.1 Å². The zero-order valence-electron chi connectivity index (χ0n) is 18.8. The molecular weight excluding hydrogens is 428 g/mol. The van der Waals surface area contributed by atoms with Gasteiger partial charge in [-0.1, -0.05) is 30.2 Å². The van der Waals surface area contributed by atoms with Crippen molar-refractivity contribution in [1.29, 1.82) is 0 Å². The summed E-state index contributed by atoms with van der Waals surface area (Å²) in [7, 11) is 1.58. The Labute approximate surface area is 195 Å². The molecule has 0 saturated carbocycles. The van der Waals surface area contributed by atoms with E-state index in [0.717, 1.165) is 24.2 Å². The fourth-order valence-electron chi connectivity index (χ4n) is 3.66. The average Bonchev–Trinajstić information content (AvgIpc) is 2.82. The predicted molar refractivity (Wildman–Crippen MR) is 127 cm³/mol. The summed E-state index contributed by atoms with van der Waals surface area (Å²) in [5.41, 5.74) is 2.18. The highest BCUT2D eigenvalue weighted by atomic mass is 35.5. The summed E-state index contributed by atoms with van der Waals surface area (Å²) in [5, 5.41) is 0.448. The number of nitrogens with zero attached hydrogens (tertiary/aromatic N) is 2. The maximum Gasteiger partial charge on any atom is 0.338 e. The van der Waals surface area contributed by atoms with Crippen molar-refractivity contribution < 1.29 is 19.0 Å². The number of carbonyl (C=O) groups excluding carboxylic acids is 1. The molecule has 1 heterocycles. The van der Waals surface area contributed by atoms with Crippen LogP contribution in [0.1, 0.15) is 47.7 Å². The lowest BCUT2D eigenvalue weighted by atomic mass is 10.1. The molecule has 1 saturated heterocycles. The predicted octanol–water partition coefficient (Wildman–Crippen LogP) is 5.01. The molecule has 0 radical (unpaired) electrons. The monoisotopic (exact) mass is 458 g/mol. The second kappa shape index (κ2) is 12.5. The van der Waals surface area contributed by atoms with Crippen molar-refractivity contribution in [2.45, 2.75) is 32.8 Å². The van der Waals surface area contributed by atoms with Gasteiger partial charge in [0, 0.05) is 12.8 Å². The fraction of sp³-hybridized carbons (Fsp3) is 0.440. The molecule has 0 amide bonds. The Morgan fingerprint density at radius 3 is 2.75 bits per heavy atom. The van der Waals surface area contributed by atoms with Gasteiger partial charge in [-0.3, -0.25) is 4.99 Å². The molecule has 0 unspecified atom stereocenters. The largest absolute Gasteiger partial charge is 0.493 e. The molecule has 0 aliphatic carbocycles. The first kappa shape index (κ1) is 24.1. The number of likely N-dealkylation sites (tertiary alicyclic amines) is 1. The van der Waals surface area contributed by atoms with Crippen LogP contribution in [-0.4, -0.2) is 57.0 Å². The molecule has 32 heavy (non-hydrogen) atoms. The first-order valence-electron chi connectivity index (χ1n) is 11.1. The smallest absolute Gasteiger partial charge is 0.338 e. The van der Waals surface area contributed by atoms with Crippen LogP contribution in [0, 0.1) is 0 Å². The van der Waals surface area contributed by atoms with E-state index in [0.29, 0.717) is 28.7 Å². The van der Waals surface area contributed by atoms with Crippen LogP contribution < -0.4 is 9.47 Å².